The Kier molecular flexibility index (Phi) is 3.94. The summed E-state index contributed by atoms with van der Waals surface area (Å²) < 4.78 is 18.2. The van der Waals surface area contributed by atoms with E-state index in [2.05, 4.69) is 10.3 Å². The molecule has 0 aliphatic rings. The number of anilines is 1. The van der Waals surface area contributed by atoms with Crippen LogP contribution in [0, 0.1) is 5.82 Å². The molecule has 18 heavy (non-hydrogen) atoms. The van der Waals surface area contributed by atoms with Gasteiger partial charge in [-0.05, 0) is 24.7 Å². The molecule has 0 atom stereocenters. The largest absolute Gasteiger partial charge is 0.432 e. The minimum atomic E-state index is -0.228. The molecule has 1 N–H and O–H groups in total. The molecule has 4 nitrogen and oxygen atoms in total. The highest BCUT2D eigenvalue weighted by atomic mass is 19.1. The first kappa shape index (κ1) is 12.6. The molecule has 0 radical (unpaired) electrons. The van der Waals surface area contributed by atoms with Gasteiger partial charge < -0.3 is 14.6 Å². The first-order chi connectivity index (χ1) is 8.69. The van der Waals surface area contributed by atoms with E-state index in [0.717, 1.165) is 11.3 Å². The van der Waals surface area contributed by atoms with E-state index in [1.807, 2.05) is 19.0 Å². The number of hydrogen-bond acceptors (Lipinski definition) is 4. The molecule has 96 valence electrons. The van der Waals surface area contributed by atoms with Gasteiger partial charge in [-0.25, -0.2) is 4.39 Å². The van der Waals surface area contributed by atoms with Gasteiger partial charge in [0, 0.05) is 20.1 Å². The van der Waals surface area contributed by atoms with Gasteiger partial charge in [-0.2, -0.15) is 4.98 Å². The molecular weight excluding hydrogens is 233 g/mol. The zero-order valence-corrected chi connectivity index (χ0v) is 10.5. The van der Waals surface area contributed by atoms with Gasteiger partial charge in [-0.1, -0.05) is 12.1 Å². The van der Waals surface area contributed by atoms with E-state index < -0.39 is 0 Å². The molecule has 0 saturated heterocycles. The van der Waals surface area contributed by atoms with Crippen LogP contribution < -0.4 is 10.2 Å². The zero-order valence-electron chi connectivity index (χ0n) is 10.5. The molecular formula is C13H16FN3O. The molecule has 0 spiro atoms. The number of rotatable bonds is 5. The minimum absolute atomic E-state index is 0.228. The highest BCUT2D eigenvalue weighted by molar-refractivity contribution is 5.29. The molecule has 0 bridgehead atoms. The molecule has 2 aromatic rings. The second-order valence-corrected chi connectivity index (χ2v) is 4.13. The second kappa shape index (κ2) is 5.64. The molecule has 0 unspecified atom stereocenters. The van der Waals surface area contributed by atoms with Crippen LogP contribution in [0.3, 0.4) is 0 Å². The summed E-state index contributed by atoms with van der Waals surface area (Å²) in [5, 5.41) is 3.01. The SMILES string of the molecule is CNCc1coc(N(C)Cc2ccc(F)cc2)n1. The smallest absolute Gasteiger partial charge is 0.297 e. The third-order valence-electron chi connectivity index (χ3n) is 2.56. The van der Waals surface area contributed by atoms with Crippen LogP contribution >= 0.6 is 0 Å². The summed E-state index contributed by atoms with van der Waals surface area (Å²) in [7, 11) is 3.74. The van der Waals surface area contributed by atoms with E-state index >= 15 is 0 Å². The Morgan fingerprint density at radius 3 is 2.72 bits per heavy atom. The van der Waals surface area contributed by atoms with Crippen molar-refractivity contribution in [3.05, 3.63) is 47.6 Å². The zero-order chi connectivity index (χ0) is 13.0. The minimum Gasteiger partial charge on any atom is -0.432 e. The second-order valence-electron chi connectivity index (χ2n) is 4.13. The number of oxazole rings is 1. The van der Waals surface area contributed by atoms with Gasteiger partial charge in [0.25, 0.3) is 6.01 Å². The lowest BCUT2D eigenvalue weighted by molar-refractivity contribution is 0.543. The summed E-state index contributed by atoms with van der Waals surface area (Å²) in [5.74, 6) is -0.228. The Morgan fingerprint density at radius 1 is 1.33 bits per heavy atom. The van der Waals surface area contributed by atoms with Gasteiger partial charge in [0.1, 0.15) is 12.1 Å². The van der Waals surface area contributed by atoms with Crippen molar-refractivity contribution in [2.24, 2.45) is 0 Å². The first-order valence-corrected chi connectivity index (χ1v) is 5.73. The Labute approximate surface area is 105 Å². The lowest BCUT2D eigenvalue weighted by Gasteiger charge is -2.14. The molecule has 1 heterocycles. The van der Waals surface area contributed by atoms with E-state index in [4.69, 9.17) is 4.42 Å². The fourth-order valence-electron chi connectivity index (χ4n) is 1.67. The lowest BCUT2D eigenvalue weighted by Crippen LogP contribution is -2.17. The Hall–Kier alpha value is -1.88. The van der Waals surface area contributed by atoms with Crippen LogP contribution in [-0.2, 0) is 13.1 Å². The lowest BCUT2D eigenvalue weighted by atomic mass is 10.2. The van der Waals surface area contributed by atoms with Crippen LogP contribution in [-0.4, -0.2) is 19.1 Å². The van der Waals surface area contributed by atoms with E-state index in [1.54, 1.807) is 18.4 Å². The maximum atomic E-state index is 12.8. The van der Waals surface area contributed by atoms with Crippen molar-refractivity contribution in [3.8, 4) is 0 Å². The van der Waals surface area contributed by atoms with Crippen molar-refractivity contribution in [1.82, 2.24) is 10.3 Å². The van der Waals surface area contributed by atoms with Crippen LogP contribution in [0.5, 0.6) is 0 Å². The maximum absolute atomic E-state index is 12.8. The van der Waals surface area contributed by atoms with Crippen LogP contribution in [0.25, 0.3) is 0 Å². The molecule has 0 saturated carbocycles. The molecule has 1 aromatic carbocycles. The summed E-state index contributed by atoms with van der Waals surface area (Å²) in [5.41, 5.74) is 1.87. The maximum Gasteiger partial charge on any atom is 0.297 e. The van der Waals surface area contributed by atoms with Crippen molar-refractivity contribution < 1.29 is 8.81 Å². The van der Waals surface area contributed by atoms with Gasteiger partial charge in [0.2, 0.25) is 0 Å². The third kappa shape index (κ3) is 3.07. The van der Waals surface area contributed by atoms with Crippen molar-refractivity contribution in [2.45, 2.75) is 13.1 Å². The fraction of sp³-hybridized carbons (Fsp3) is 0.308. The molecule has 1 aromatic heterocycles. The van der Waals surface area contributed by atoms with E-state index in [1.165, 1.54) is 12.1 Å². The van der Waals surface area contributed by atoms with Crippen LogP contribution in [0.15, 0.2) is 34.9 Å². The monoisotopic (exact) mass is 249 g/mol. The summed E-state index contributed by atoms with van der Waals surface area (Å²) in [6.45, 7) is 1.30. The van der Waals surface area contributed by atoms with Crippen molar-refractivity contribution in [1.29, 1.82) is 0 Å². The number of nitrogens with one attached hydrogen (secondary N) is 1. The van der Waals surface area contributed by atoms with Gasteiger partial charge >= 0.3 is 0 Å². The third-order valence-corrected chi connectivity index (χ3v) is 2.56. The van der Waals surface area contributed by atoms with Gasteiger partial charge in [-0.15, -0.1) is 0 Å². The van der Waals surface area contributed by atoms with Gasteiger partial charge in [0.15, 0.2) is 0 Å². The highest BCUT2D eigenvalue weighted by Gasteiger charge is 2.09. The van der Waals surface area contributed by atoms with Crippen molar-refractivity contribution in [2.75, 3.05) is 19.0 Å². The predicted octanol–water partition coefficient (Wildman–Crippen LogP) is 2.17. The topological polar surface area (TPSA) is 41.3 Å². The molecule has 0 fully saturated rings. The van der Waals surface area contributed by atoms with Gasteiger partial charge in [0.05, 0.1) is 5.69 Å². The first-order valence-electron chi connectivity index (χ1n) is 5.73. The standard InChI is InChI=1S/C13H16FN3O/c1-15-7-12-9-18-13(16-12)17(2)8-10-3-5-11(14)6-4-10/h3-6,9,15H,7-8H2,1-2H3. The predicted molar refractivity (Wildman–Crippen MR) is 67.8 cm³/mol. The summed E-state index contributed by atoms with van der Waals surface area (Å²) in [4.78, 5) is 6.22. The average Bonchev–Trinajstić information content (AvgIpc) is 2.81. The Balaban J connectivity index is 2.02. The summed E-state index contributed by atoms with van der Waals surface area (Å²) >= 11 is 0. The average molecular weight is 249 g/mol. The van der Waals surface area contributed by atoms with Gasteiger partial charge in [-0.3, -0.25) is 0 Å². The molecule has 5 heteroatoms. The normalized spacial score (nSPS) is 10.6. The van der Waals surface area contributed by atoms with E-state index in [-0.39, 0.29) is 5.82 Å². The van der Waals surface area contributed by atoms with Crippen LogP contribution in [0.4, 0.5) is 10.4 Å². The Morgan fingerprint density at radius 2 is 2.06 bits per heavy atom. The fourth-order valence-corrected chi connectivity index (χ4v) is 1.67. The summed E-state index contributed by atoms with van der Waals surface area (Å²) in [6, 6.07) is 6.97. The van der Waals surface area contributed by atoms with E-state index in [9.17, 15) is 4.39 Å². The Bertz CT molecular complexity index is 495. The highest BCUT2D eigenvalue weighted by Crippen LogP contribution is 2.15. The number of hydrogen-bond donors (Lipinski definition) is 1. The quantitative estimate of drug-likeness (QED) is 0.881. The van der Waals surface area contributed by atoms with Crippen molar-refractivity contribution >= 4 is 6.01 Å². The number of aromatic nitrogens is 1. The van der Waals surface area contributed by atoms with Crippen LogP contribution in [0.1, 0.15) is 11.3 Å². The number of nitrogens with zero attached hydrogens (tertiary/aromatic N) is 2. The number of halogens is 1. The molecule has 0 amide bonds. The molecule has 0 aliphatic heterocycles. The van der Waals surface area contributed by atoms with Crippen LogP contribution in [0.2, 0.25) is 0 Å². The molecule has 2 rings (SSSR count). The number of benzene rings is 1. The summed E-state index contributed by atoms with van der Waals surface area (Å²) in [6.07, 6.45) is 1.63. The van der Waals surface area contributed by atoms with E-state index in [0.29, 0.717) is 19.1 Å². The van der Waals surface area contributed by atoms with Crippen molar-refractivity contribution in [3.63, 3.8) is 0 Å². The molecule has 0 aliphatic carbocycles.